The molecule has 1 aliphatic rings. The Bertz CT molecular complexity index is 578. The molecule has 1 atom stereocenters. The monoisotopic (exact) mass is 332 g/mol. The Balaban J connectivity index is 2.05. The van der Waals surface area contributed by atoms with Gasteiger partial charge in [0.15, 0.2) is 0 Å². The first-order chi connectivity index (χ1) is 10.4. The Morgan fingerprint density at radius 1 is 1.14 bits per heavy atom. The minimum atomic E-state index is -3.61. The predicted molar refractivity (Wildman–Crippen MR) is 81.4 cm³/mol. The normalized spacial score (nSPS) is 19.8. The van der Waals surface area contributed by atoms with Crippen molar-refractivity contribution in [3.63, 3.8) is 0 Å². The quantitative estimate of drug-likeness (QED) is 0.830. The van der Waals surface area contributed by atoms with Gasteiger partial charge in [-0.2, -0.15) is 4.31 Å². The molecular weight excluding hydrogens is 310 g/mol. The molecule has 1 heterocycles. The van der Waals surface area contributed by atoms with Crippen LogP contribution in [0.1, 0.15) is 19.8 Å². The highest BCUT2D eigenvalue weighted by Crippen LogP contribution is 2.18. The number of hydrogen-bond donors (Lipinski definition) is 0. The molecule has 0 amide bonds. The predicted octanol–water partition coefficient (Wildman–Crippen LogP) is 2.27. The number of benzene rings is 1. The minimum Gasteiger partial charge on any atom is -0.299 e. The fourth-order valence-corrected chi connectivity index (χ4v) is 4.00. The summed E-state index contributed by atoms with van der Waals surface area (Å²) in [5.74, 6) is -0.463. The summed E-state index contributed by atoms with van der Waals surface area (Å²) in [4.78, 5) is 2.06. The van der Waals surface area contributed by atoms with Gasteiger partial charge in [0.1, 0.15) is 12.0 Å². The zero-order valence-corrected chi connectivity index (χ0v) is 13.5. The average Bonchev–Trinajstić information content (AvgIpc) is 2.73. The first-order valence-electron chi connectivity index (χ1n) is 7.55. The first-order valence-corrected chi connectivity index (χ1v) is 8.99. The maximum absolute atomic E-state index is 13.5. The maximum Gasteiger partial charge on any atom is 0.243 e. The number of alkyl halides is 1. The third-order valence-electron chi connectivity index (χ3n) is 3.90. The van der Waals surface area contributed by atoms with E-state index in [1.54, 1.807) is 6.92 Å². The van der Waals surface area contributed by atoms with Gasteiger partial charge in [0.2, 0.25) is 10.0 Å². The van der Waals surface area contributed by atoms with Gasteiger partial charge in [-0.05, 0) is 43.7 Å². The minimum absolute atomic E-state index is 0.0966. The molecule has 7 heteroatoms. The Labute approximate surface area is 130 Å². The molecule has 2 rings (SSSR count). The molecule has 1 aromatic carbocycles. The average molecular weight is 332 g/mol. The van der Waals surface area contributed by atoms with Crippen molar-refractivity contribution < 1.29 is 17.2 Å². The van der Waals surface area contributed by atoms with E-state index >= 15 is 0 Å². The van der Waals surface area contributed by atoms with Crippen molar-refractivity contribution in [2.45, 2.75) is 30.8 Å². The summed E-state index contributed by atoms with van der Waals surface area (Å²) in [6, 6.07) is 4.85. The fraction of sp³-hybridized carbons (Fsp3) is 0.600. The van der Waals surface area contributed by atoms with Crippen molar-refractivity contribution >= 4 is 10.0 Å². The second kappa shape index (κ2) is 7.48. The summed E-state index contributed by atoms with van der Waals surface area (Å²) in [5, 5.41) is 0. The zero-order chi connectivity index (χ0) is 16.2. The van der Waals surface area contributed by atoms with E-state index in [0.717, 1.165) is 12.1 Å². The summed E-state index contributed by atoms with van der Waals surface area (Å²) in [5.41, 5.74) is 0. The van der Waals surface area contributed by atoms with Gasteiger partial charge in [0.25, 0.3) is 0 Å². The van der Waals surface area contributed by atoms with Gasteiger partial charge in [-0.3, -0.25) is 4.90 Å². The summed E-state index contributed by atoms with van der Waals surface area (Å²) < 4.78 is 52.9. The SMILES string of the molecule is CC[C@@H](F)CN1CCCN(S(=O)(=O)c2ccc(F)cc2)CC1. The van der Waals surface area contributed by atoms with E-state index < -0.39 is 22.0 Å². The highest BCUT2D eigenvalue weighted by atomic mass is 32.2. The number of sulfonamides is 1. The highest BCUT2D eigenvalue weighted by molar-refractivity contribution is 7.89. The second-order valence-electron chi connectivity index (χ2n) is 5.52. The van der Waals surface area contributed by atoms with Crippen molar-refractivity contribution in [2.24, 2.45) is 0 Å². The lowest BCUT2D eigenvalue weighted by Gasteiger charge is -2.22. The molecule has 124 valence electrons. The van der Waals surface area contributed by atoms with E-state index in [9.17, 15) is 17.2 Å². The van der Waals surface area contributed by atoms with Gasteiger partial charge >= 0.3 is 0 Å². The molecule has 0 bridgehead atoms. The molecule has 22 heavy (non-hydrogen) atoms. The number of hydrogen-bond acceptors (Lipinski definition) is 3. The summed E-state index contributed by atoms with van der Waals surface area (Å²) in [6.45, 7) is 4.08. The molecular formula is C15H22F2N2O2S. The van der Waals surface area contributed by atoms with E-state index in [0.29, 0.717) is 45.6 Å². The second-order valence-corrected chi connectivity index (χ2v) is 7.46. The number of rotatable bonds is 5. The van der Waals surface area contributed by atoms with Crippen LogP contribution < -0.4 is 0 Å². The van der Waals surface area contributed by atoms with E-state index in [1.165, 1.54) is 16.4 Å². The van der Waals surface area contributed by atoms with Gasteiger partial charge in [0.05, 0.1) is 4.90 Å². The van der Waals surface area contributed by atoms with Crippen LogP contribution in [0.5, 0.6) is 0 Å². The van der Waals surface area contributed by atoms with Gasteiger partial charge in [-0.25, -0.2) is 17.2 Å². The molecule has 0 aliphatic carbocycles. The van der Waals surface area contributed by atoms with Gasteiger partial charge in [0, 0.05) is 26.2 Å². The Morgan fingerprint density at radius 3 is 2.45 bits per heavy atom. The molecule has 0 spiro atoms. The fourth-order valence-electron chi connectivity index (χ4n) is 2.54. The van der Waals surface area contributed by atoms with Crippen LogP contribution in [0.4, 0.5) is 8.78 Å². The van der Waals surface area contributed by atoms with Crippen LogP contribution >= 0.6 is 0 Å². The lowest BCUT2D eigenvalue weighted by atomic mass is 10.2. The number of nitrogens with zero attached hydrogens (tertiary/aromatic N) is 2. The van der Waals surface area contributed by atoms with Crippen LogP contribution in [0.25, 0.3) is 0 Å². The molecule has 0 unspecified atom stereocenters. The van der Waals surface area contributed by atoms with Crippen LogP contribution in [0.2, 0.25) is 0 Å². The van der Waals surface area contributed by atoms with Gasteiger partial charge < -0.3 is 0 Å². The van der Waals surface area contributed by atoms with E-state index in [4.69, 9.17) is 0 Å². The molecule has 1 fully saturated rings. The molecule has 1 saturated heterocycles. The standard InChI is InChI=1S/C15H22F2N2O2S/c1-2-13(16)12-18-8-3-9-19(11-10-18)22(20,21)15-6-4-14(17)5-7-15/h4-7,13H,2-3,8-12H2,1H3/t13-/m1/s1. The highest BCUT2D eigenvalue weighted by Gasteiger charge is 2.27. The Kier molecular flexibility index (Phi) is 5.88. The van der Waals surface area contributed by atoms with Gasteiger partial charge in [-0.1, -0.05) is 6.92 Å². The van der Waals surface area contributed by atoms with Crippen LogP contribution in [-0.4, -0.2) is 56.5 Å². The molecule has 0 aromatic heterocycles. The Hall–Kier alpha value is -1.05. The molecule has 0 radical (unpaired) electrons. The summed E-state index contributed by atoms with van der Waals surface area (Å²) >= 11 is 0. The summed E-state index contributed by atoms with van der Waals surface area (Å²) in [7, 11) is -3.61. The smallest absolute Gasteiger partial charge is 0.243 e. The summed E-state index contributed by atoms with van der Waals surface area (Å²) in [6.07, 6.45) is 0.255. The topological polar surface area (TPSA) is 40.6 Å². The van der Waals surface area contributed by atoms with Crippen molar-refractivity contribution in [3.05, 3.63) is 30.1 Å². The van der Waals surface area contributed by atoms with Crippen LogP contribution in [0, 0.1) is 5.82 Å². The van der Waals surface area contributed by atoms with Crippen LogP contribution in [0.15, 0.2) is 29.2 Å². The van der Waals surface area contributed by atoms with Crippen LogP contribution in [-0.2, 0) is 10.0 Å². The van der Waals surface area contributed by atoms with Crippen molar-refractivity contribution in [1.82, 2.24) is 9.21 Å². The largest absolute Gasteiger partial charge is 0.299 e. The maximum atomic E-state index is 13.5. The molecule has 4 nitrogen and oxygen atoms in total. The lowest BCUT2D eigenvalue weighted by Crippen LogP contribution is -2.36. The zero-order valence-electron chi connectivity index (χ0n) is 12.7. The van der Waals surface area contributed by atoms with E-state index in [-0.39, 0.29) is 4.90 Å². The number of halogens is 2. The van der Waals surface area contributed by atoms with Crippen LogP contribution in [0.3, 0.4) is 0 Å². The molecule has 0 N–H and O–H groups in total. The molecule has 1 aliphatic heterocycles. The third kappa shape index (κ3) is 4.24. The molecule has 0 saturated carbocycles. The molecule has 1 aromatic rings. The Morgan fingerprint density at radius 2 is 1.82 bits per heavy atom. The van der Waals surface area contributed by atoms with Crippen molar-refractivity contribution in [2.75, 3.05) is 32.7 Å². The lowest BCUT2D eigenvalue weighted by molar-refractivity contribution is 0.194. The van der Waals surface area contributed by atoms with Crippen molar-refractivity contribution in [1.29, 1.82) is 0 Å². The van der Waals surface area contributed by atoms with Gasteiger partial charge in [-0.15, -0.1) is 0 Å². The third-order valence-corrected chi connectivity index (χ3v) is 5.81. The van der Waals surface area contributed by atoms with Crippen molar-refractivity contribution in [3.8, 4) is 0 Å². The van der Waals surface area contributed by atoms with E-state index in [2.05, 4.69) is 0 Å². The van der Waals surface area contributed by atoms with E-state index in [1.807, 2.05) is 4.90 Å². The first kappa shape index (κ1) is 17.3.